The molecule has 1 saturated heterocycles. The first-order valence-corrected chi connectivity index (χ1v) is 13.4. The maximum atomic E-state index is 12.0. The normalized spacial score (nSPS) is 17.6. The molecule has 1 aromatic carbocycles. The molecular weight excluding hydrogens is 460 g/mol. The minimum Gasteiger partial charge on any atom is -0.355 e. The summed E-state index contributed by atoms with van der Waals surface area (Å²) in [6.45, 7) is 5.28. The molecule has 10 heteroatoms. The van der Waals surface area contributed by atoms with Crippen molar-refractivity contribution in [3.8, 4) is 0 Å². The zero-order valence-electron chi connectivity index (χ0n) is 16.8. The van der Waals surface area contributed by atoms with Gasteiger partial charge in [0, 0.05) is 27.9 Å². The van der Waals surface area contributed by atoms with Crippen LogP contribution in [0.2, 0.25) is 5.02 Å². The number of rotatable bonds is 5. The number of primary sulfonamides is 1. The number of hydrogen-bond acceptors (Lipinski definition) is 7. The summed E-state index contributed by atoms with van der Waals surface area (Å²) in [6, 6.07) is 7.69. The first-order valence-electron chi connectivity index (χ1n) is 9.64. The van der Waals surface area contributed by atoms with Crippen molar-refractivity contribution in [2.75, 3.05) is 18.0 Å². The Morgan fingerprint density at radius 1 is 1.27 bits per heavy atom. The average molecular weight is 483 g/mol. The maximum absolute atomic E-state index is 12.0. The van der Waals surface area contributed by atoms with E-state index in [0.29, 0.717) is 23.7 Å². The summed E-state index contributed by atoms with van der Waals surface area (Å²) in [5.41, 5.74) is 1.15. The number of thioether (sulfide) groups is 1. The number of fused-ring (bicyclic) bond motifs is 1. The fourth-order valence-electron chi connectivity index (χ4n) is 3.64. The van der Waals surface area contributed by atoms with Crippen LogP contribution in [-0.2, 0) is 15.8 Å². The van der Waals surface area contributed by atoms with Crippen molar-refractivity contribution in [3.63, 3.8) is 0 Å². The molecule has 0 saturated carbocycles. The van der Waals surface area contributed by atoms with Gasteiger partial charge in [-0.15, -0.1) is 23.1 Å². The largest absolute Gasteiger partial charge is 0.355 e. The molecule has 3 aromatic rings. The Hall–Kier alpha value is -1.39. The summed E-state index contributed by atoms with van der Waals surface area (Å²) in [7, 11) is -3.58. The lowest BCUT2D eigenvalue weighted by molar-refractivity contribution is 0.531. The molecule has 6 nitrogen and oxygen atoms in total. The van der Waals surface area contributed by atoms with Crippen LogP contribution in [0.3, 0.4) is 0 Å². The number of hydrogen-bond donors (Lipinski definition) is 1. The molecule has 1 atom stereocenters. The molecule has 1 aliphatic rings. The van der Waals surface area contributed by atoms with Crippen molar-refractivity contribution in [2.24, 2.45) is 5.14 Å². The van der Waals surface area contributed by atoms with Crippen molar-refractivity contribution >= 4 is 60.8 Å². The molecule has 3 heterocycles. The Morgan fingerprint density at radius 3 is 2.70 bits per heavy atom. The first kappa shape index (κ1) is 21.8. The van der Waals surface area contributed by atoms with E-state index in [2.05, 4.69) is 18.7 Å². The topological polar surface area (TPSA) is 89.2 Å². The van der Waals surface area contributed by atoms with Gasteiger partial charge in [-0.3, -0.25) is 0 Å². The standard InChI is InChI=1S/C20H23ClN4O2S3/c1-12-13(2)29-20-18(12)19(25-9-3-4-16(10-25)30(22,26)27)23-17(24-20)11-28-15-7-5-14(21)6-8-15/h5-8,16H,3-4,9-11H2,1-2H3,(H2,22,26,27)/t16-/m0/s1. The number of aryl methyl sites for hydroxylation is 2. The molecule has 2 aromatic heterocycles. The summed E-state index contributed by atoms with van der Waals surface area (Å²) < 4.78 is 23.9. The lowest BCUT2D eigenvalue weighted by Crippen LogP contribution is -2.45. The highest BCUT2D eigenvalue weighted by molar-refractivity contribution is 7.98. The van der Waals surface area contributed by atoms with Crippen molar-refractivity contribution in [1.29, 1.82) is 0 Å². The molecule has 2 N–H and O–H groups in total. The second kappa shape index (κ2) is 8.63. The monoisotopic (exact) mass is 482 g/mol. The SMILES string of the molecule is Cc1sc2nc(CSc3ccc(Cl)cc3)nc(N3CCC[C@H](S(N)(=O)=O)C3)c2c1C. The van der Waals surface area contributed by atoms with Gasteiger partial charge in [-0.25, -0.2) is 23.5 Å². The zero-order chi connectivity index (χ0) is 21.5. The van der Waals surface area contributed by atoms with Gasteiger partial charge in [0.25, 0.3) is 0 Å². The molecular formula is C20H23ClN4O2S3. The Labute approximate surface area is 189 Å². The predicted octanol–water partition coefficient (Wildman–Crippen LogP) is 4.51. The third-order valence-corrected chi connectivity index (χ3v) is 9.05. The number of nitrogens with two attached hydrogens (primary N) is 1. The molecule has 4 rings (SSSR count). The molecule has 160 valence electrons. The van der Waals surface area contributed by atoms with E-state index in [-0.39, 0.29) is 0 Å². The van der Waals surface area contributed by atoms with Crippen LogP contribution in [0.4, 0.5) is 5.82 Å². The Kier molecular flexibility index (Phi) is 6.28. The van der Waals surface area contributed by atoms with Crippen LogP contribution in [0, 0.1) is 13.8 Å². The smallest absolute Gasteiger partial charge is 0.213 e. The van der Waals surface area contributed by atoms with Gasteiger partial charge in [0.2, 0.25) is 10.0 Å². The summed E-state index contributed by atoms with van der Waals surface area (Å²) in [6.07, 6.45) is 1.36. The van der Waals surface area contributed by atoms with Crippen LogP contribution in [0.15, 0.2) is 29.2 Å². The van der Waals surface area contributed by atoms with Crippen LogP contribution in [0.1, 0.15) is 29.1 Å². The molecule has 0 amide bonds. The third-order valence-electron chi connectivity index (χ3n) is 5.38. The van der Waals surface area contributed by atoms with Crippen LogP contribution in [0.5, 0.6) is 0 Å². The van der Waals surface area contributed by atoms with Gasteiger partial charge >= 0.3 is 0 Å². The quantitative estimate of drug-likeness (QED) is 0.538. The van der Waals surface area contributed by atoms with Crippen molar-refractivity contribution < 1.29 is 8.42 Å². The zero-order valence-corrected chi connectivity index (χ0v) is 20.0. The third kappa shape index (κ3) is 4.60. The molecule has 1 fully saturated rings. The number of nitrogens with zero attached hydrogens (tertiary/aromatic N) is 3. The van der Waals surface area contributed by atoms with Gasteiger partial charge in [-0.1, -0.05) is 11.6 Å². The van der Waals surface area contributed by atoms with E-state index < -0.39 is 15.3 Å². The summed E-state index contributed by atoms with van der Waals surface area (Å²) >= 11 is 9.27. The highest BCUT2D eigenvalue weighted by atomic mass is 35.5. The van der Waals surface area contributed by atoms with Crippen molar-refractivity contribution in [2.45, 2.75) is 42.6 Å². The molecule has 0 unspecified atom stereocenters. The van der Waals surface area contributed by atoms with Crippen molar-refractivity contribution in [3.05, 3.63) is 45.6 Å². The van der Waals surface area contributed by atoms with Crippen LogP contribution >= 0.6 is 34.7 Å². The van der Waals surface area contributed by atoms with E-state index in [1.54, 1.807) is 23.1 Å². The Balaban J connectivity index is 1.69. The van der Waals surface area contributed by atoms with Gasteiger partial charge in [0.05, 0.1) is 16.4 Å². The molecule has 0 spiro atoms. The number of halogens is 1. The van der Waals surface area contributed by atoms with Gasteiger partial charge in [-0.05, 0) is 56.5 Å². The summed E-state index contributed by atoms with van der Waals surface area (Å²) in [5.74, 6) is 2.17. The summed E-state index contributed by atoms with van der Waals surface area (Å²) in [4.78, 5) is 15.0. The predicted molar refractivity (Wildman–Crippen MR) is 126 cm³/mol. The minimum absolute atomic E-state index is 0.364. The lowest BCUT2D eigenvalue weighted by atomic mass is 10.1. The van der Waals surface area contributed by atoms with Gasteiger partial charge in [0.15, 0.2) is 0 Å². The van der Waals surface area contributed by atoms with E-state index in [9.17, 15) is 8.42 Å². The number of aromatic nitrogens is 2. The number of benzene rings is 1. The first-order chi connectivity index (χ1) is 14.2. The summed E-state index contributed by atoms with van der Waals surface area (Å²) in [5, 5.41) is 6.61. The molecule has 1 aliphatic heterocycles. The average Bonchev–Trinajstić information content (AvgIpc) is 3.00. The Bertz CT molecular complexity index is 1180. The molecule has 30 heavy (non-hydrogen) atoms. The molecule has 0 aliphatic carbocycles. The van der Waals surface area contributed by atoms with E-state index in [1.807, 2.05) is 24.3 Å². The second-order valence-electron chi connectivity index (χ2n) is 7.47. The Morgan fingerprint density at radius 2 is 2.00 bits per heavy atom. The highest BCUT2D eigenvalue weighted by Crippen LogP contribution is 2.37. The molecule has 0 radical (unpaired) electrons. The van der Waals surface area contributed by atoms with Gasteiger partial charge in [0.1, 0.15) is 16.5 Å². The number of piperidine rings is 1. The van der Waals surface area contributed by atoms with Crippen LogP contribution < -0.4 is 10.0 Å². The lowest BCUT2D eigenvalue weighted by Gasteiger charge is -2.33. The van der Waals surface area contributed by atoms with E-state index >= 15 is 0 Å². The second-order valence-corrected chi connectivity index (χ2v) is 12.0. The van der Waals surface area contributed by atoms with Crippen molar-refractivity contribution in [1.82, 2.24) is 9.97 Å². The van der Waals surface area contributed by atoms with E-state index in [1.165, 1.54) is 4.88 Å². The minimum atomic E-state index is -3.58. The fraction of sp³-hybridized carbons (Fsp3) is 0.400. The van der Waals surface area contributed by atoms with Gasteiger partial charge in [-0.2, -0.15) is 0 Å². The van der Waals surface area contributed by atoms with E-state index in [4.69, 9.17) is 26.7 Å². The van der Waals surface area contributed by atoms with Crippen LogP contribution in [0.25, 0.3) is 10.2 Å². The maximum Gasteiger partial charge on any atom is 0.213 e. The van der Waals surface area contributed by atoms with E-state index in [0.717, 1.165) is 45.3 Å². The molecule has 0 bridgehead atoms. The van der Waals surface area contributed by atoms with Crippen LogP contribution in [-0.4, -0.2) is 36.7 Å². The highest BCUT2D eigenvalue weighted by Gasteiger charge is 2.30. The fourth-order valence-corrected chi connectivity index (χ4v) is 6.45. The number of sulfonamides is 1. The van der Waals surface area contributed by atoms with Gasteiger partial charge < -0.3 is 4.90 Å². The number of anilines is 1. The number of thiophene rings is 1.